The lowest BCUT2D eigenvalue weighted by Gasteiger charge is -2.37. The summed E-state index contributed by atoms with van der Waals surface area (Å²) in [6.45, 7) is 4.37. The van der Waals surface area contributed by atoms with Crippen LogP contribution in [0.25, 0.3) is 0 Å². The molecule has 204 valence electrons. The highest BCUT2D eigenvalue weighted by molar-refractivity contribution is 6.18. The molecule has 3 unspecified atom stereocenters. The molecule has 1 aliphatic heterocycles. The summed E-state index contributed by atoms with van der Waals surface area (Å²) in [5, 5.41) is 19.8. The number of aliphatic carboxylic acids is 1. The van der Waals surface area contributed by atoms with Gasteiger partial charge in [-0.15, -0.1) is 11.6 Å². The molecule has 0 aromatic heterocycles. The van der Waals surface area contributed by atoms with Gasteiger partial charge < -0.3 is 24.4 Å². The van der Waals surface area contributed by atoms with Crippen molar-refractivity contribution < 1.29 is 29.2 Å². The molecule has 1 aliphatic rings. The lowest BCUT2D eigenvalue weighted by atomic mass is 9.72. The zero-order valence-electron chi connectivity index (χ0n) is 22.0. The van der Waals surface area contributed by atoms with Gasteiger partial charge in [0.1, 0.15) is 23.7 Å². The number of rotatable bonds is 10. The summed E-state index contributed by atoms with van der Waals surface area (Å²) in [4.78, 5) is 9.00. The number of ether oxygens (including phenoxy) is 3. The van der Waals surface area contributed by atoms with Gasteiger partial charge in [0.05, 0.1) is 12.5 Å². The van der Waals surface area contributed by atoms with E-state index in [0.717, 1.165) is 67.4 Å². The van der Waals surface area contributed by atoms with Gasteiger partial charge in [0, 0.05) is 19.3 Å². The van der Waals surface area contributed by atoms with Crippen LogP contribution in [-0.2, 0) is 15.1 Å². The first-order valence-corrected chi connectivity index (χ1v) is 13.6. The lowest BCUT2D eigenvalue weighted by molar-refractivity contribution is -0.134. The van der Waals surface area contributed by atoms with Crippen LogP contribution in [0, 0.1) is 0 Å². The minimum atomic E-state index is -1.24. The van der Waals surface area contributed by atoms with Crippen molar-refractivity contribution >= 4 is 17.6 Å². The molecule has 2 N–H and O–H groups in total. The number of carbonyl (C=O) groups is 1. The summed E-state index contributed by atoms with van der Waals surface area (Å²) < 4.78 is 17.4. The van der Waals surface area contributed by atoms with Crippen LogP contribution in [0.1, 0.15) is 62.1 Å². The Hall–Kier alpha value is -3.06. The summed E-state index contributed by atoms with van der Waals surface area (Å²) in [6, 6.07) is 25.6. The molecule has 6 nitrogen and oxygen atoms in total. The van der Waals surface area contributed by atoms with Gasteiger partial charge in [-0.1, -0.05) is 61.5 Å². The fourth-order valence-corrected chi connectivity index (χ4v) is 4.81. The van der Waals surface area contributed by atoms with Crippen LogP contribution in [0.2, 0.25) is 0 Å². The Morgan fingerprint density at radius 1 is 1.00 bits per heavy atom. The standard InChI is InChI=1S/C29H33ClO4.C2H4O2/c1-2-27(22-8-4-3-5-9-22)29(31,23-11-15-25(16-12-23)32-21-19-30)24-13-17-26(18-14-24)34-28-10-6-7-20-33-28;1-2(3)4/h3-5,8-9,11-18,27-28,31H,2,6-7,10,19-21H2,1H3;1H3,(H,3,4). The van der Waals surface area contributed by atoms with Crippen LogP contribution in [0.4, 0.5) is 0 Å². The van der Waals surface area contributed by atoms with E-state index in [1.807, 2.05) is 66.7 Å². The lowest BCUT2D eigenvalue weighted by Crippen LogP contribution is -2.35. The number of halogens is 1. The molecule has 3 aromatic rings. The number of hydrogen-bond donors (Lipinski definition) is 2. The smallest absolute Gasteiger partial charge is 0.300 e. The maximum atomic E-state index is 12.4. The van der Waals surface area contributed by atoms with Crippen molar-refractivity contribution in [1.82, 2.24) is 0 Å². The first-order chi connectivity index (χ1) is 18.4. The van der Waals surface area contributed by atoms with E-state index in [4.69, 9.17) is 35.7 Å². The third kappa shape index (κ3) is 7.97. The molecule has 3 aromatic carbocycles. The number of aliphatic hydroxyl groups is 1. The predicted octanol–water partition coefficient (Wildman–Crippen LogP) is 6.73. The first kappa shape index (κ1) is 29.5. The van der Waals surface area contributed by atoms with Crippen LogP contribution in [0.5, 0.6) is 11.5 Å². The summed E-state index contributed by atoms with van der Waals surface area (Å²) in [5.74, 6) is 0.931. The summed E-state index contributed by atoms with van der Waals surface area (Å²) in [5.41, 5.74) is 1.48. The number of carboxylic acids is 1. The largest absolute Gasteiger partial charge is 0.492 e. The maximum Gasteiger partial charge on any atom is 0.300 e. The number of carboxylic acid groups (broad SMARTS) is 1. The Morgan fingerprint density at radius 3 is 2.08 bits per heavy atom. The van der Waals surface area contributed by atoms with Gasteiger partial charge in [0.25, 0.3) is 5.97 Å². The molecule has 4 rings (SSSR count). The van der Waals surface area contributed by atoms with Crippen molar-refractivity contribution in [2.24, 2.45) is 0 Å². The predicted molar refractivity (Wildman–Crippen MR) is 149 cm³/mol. The van der Waals surface area contributed by atoms with Crippen LogP contribution < -0.4 is 9.47 Å². The van der Waals surface area contributed by atoms with Crippen molar-refractivity contribution in [3.05, 3.63) is 95.6 Å². The van der Waals surface area contributed by atoms with Gasteiger partial charge in [-0.25, -0.2) is 0 Å². The second-order valence-corrected chi connectivity index (χ2v) is 9.54. The van der Waals surface area contributed by atoms with Gasteiger partial charge in [0.2, 0.25) is 0 Å². The fraction of sp³-hybridized carbons (Fsp3) is 0.387. The normalized spacial score (nSPS) is 17.3. The van der Waals surface area contributed by atoms with E-state index < -0.39 is 11.6 Å². The molecule has 1 saturated heterocycles. The van der Waals surface area contributed by atoms with Gasteiger partial charge in [-0.05, 0) is 60.2 Å². The SMILES string of the molecule is CC(=O)O.CCC(c1ccccc1)C(O)(c1ccc(OCCCl)cc1)c1ccc(OC2CCCCO2)cc1. The van der Waals surface area contributed by atoms with Gasteiger partial charge >= 0.3 is 0 Å². The monoisotopic (exact) mass is 540 g/mol. The quantitative estimate of drug-likeness (QED) is 0.277. The van der Waals surface area contributed by atoms with Gasteiger partial charge in [-0.3, -0.25) is 4.79 Å². The van der Waals surface area contributed by atoms with E-state index >= 15 is 0 Å². The highest BCUT2D eigenvalue weighted by Crippen LogP contribution is 2.45. The molecule has 0 aliphatic carbocycles. The molecular formula is C31H37ClO6. The first-order valence-electron chi connectivity index (χ1n) is 13.0. The minimum Gasteiger partial charge on any atom is -0.492 e. The Labute approximate surface area is 230 Å². The summed E-state index contributed by atoms with van der Waals surface area (Å²) >= 11 is 5.75. The van der Waals surface area contributed by atoms with E-state index in [2.05, 4.69) is 19.1 Å². The third-order valence-corrected chi connectivity index (χ3v) is 6.61. The Balaban J connectivity index is 0.000000934. The average Bonchev–Trinajstić information content (AvgIpc) is 2.94. The van der Waals surface area contributed by atoms with E-state index in [1.165, 1.54) is 0 Å². The van der Waals surface area contributed by atoms with Crippen molar-refractivity contribution in [2.75, 3.05) is 19.1 Å². The molecule has 7 heteroatoms. The fourth-order valence-electron chi connectivity index (χ4n) is 4.73. The number of hydrogen-bond acceptors (Lipinski definition) is 5. The average molecular weight is 541 g/mol. The second kappa shape index (κ2) is 14.8. The van der Waals surface area contributed by atoms with Crippen LogP contribution in [0.15, 0.2) is 78.9 Å². The molecule has 0 spiro atoms. The van der Waals surface area contributed by atoms with E-state index in [0.29, 0.717) is 12.5 Å². The maximum absolute atomic E-state index is 12.4. The van der Waals surface area contributed by atoms with Crippen molar-refractivity contribution in [1.29, 1.82) is 0 Å². The van der Waals surface area contributed by atoms with E-state index in [-0.39, 0.29) is 12.2 Å². The Morgan fingerprint density at radius 2 is 1.58 bits per heavy atom. The molecule has 0 amide bonds. The Bertz CT molecular complexity index is 1090. The molecule has 38 heavy (non-hydrogen) atoms. The Kier molecular flexibility index (Phi) is 11.5. The van der Waals surface area contributed by atoms with Crippen molar-refractivity contribution in [3.63, 3.8) is 0 Å². The van der Waals surface area contributed by atoms with E-state index in [9.17, 15) is 5.11 Å². The number of benzene rings is 3. The van der Waals surface area contributed by atoms with Crippen LogP contribution >= 0.6 is 11.6 Å². The molecule has 3 atom stereocenters. The third-order valence-electron chi connectivity index (χ3n) is 6.45. The molecule has 1 heterocycles. The molecule has 1 fully saturated rings. The topological polar surface area (TPSA) is 85.2 Å². The van der Waals surface area contributed by atoms with Crippen molar-refractivity contribution in [2.45, 2.75) is 57.3 Å². The number of alkyl halides is 1. The van der Waals surface area contributed by atoms with Crippen molar-refractivity contribution in [3.8, 4) is 11.5 Å². The van der Waals surface area contributed by atoms with Gasteiger partial charge in [0.15, 0.2) is 6.29 Å². The van der Waals surface area contributed by atoms with Crippen LogP contribution in [-0.4, -0.2) is 41.6 Å². The van der Waals surface area contributed by atoms with Gasteiger partial charge in [-0.2, -0.15) is 0 Å². The summed E-state index contributed by atoms with van der Waals surface area (Å²) in [7, 11) is 0. The zero-order chi connectivity index (χ0) is 27.4. The summed E-state index contributed by atoms with van der Waals surface area (Å²) in [6.07, 6.45) is 3.66. The van der Waals surface area contributed by atoms with Crippen LogP contribution in [0.3, 0.4) is 0 Å². The highest BCUT2D eigenvalue weighted by Gasteiger charge is 2.40. The molecular weight excluding hydrogens is 504 g/mol. The second-order valence-electron chi connectivity index (χ2n) is 9.16. The van der Waals surface area contributed by atoms with E-state index in [1.54, 1.807) is 0 Å². The zero-order valence-corrected chi connectivity index (χ0v) is 22.8. The highest BCUT2D eigenvalue weighted by atomic mass is 35.5. The minimum absolute atomic E-state index is 0.142. The molecule has 0 saturated carbocycles. The molecule has 0 bridgehead atoms. The molecule has 0 radical (unpaired) electrons.